The lowest BCUT2D eigenvalue weighted by Gasteiger charge is -2.66. The summed E-state index contributed by atoms with van der Waals surface area (Å²) in [5, 5.41) is 50.2. The summed E-state index contributed by atoms with van der Waals surface area (Å²) in [5.41, 5.74) is -3.65. The molecule has 1 aromatic carbocycles. The number of aliphatic carboxylic acids is 2. The number of rotatable bonds is 15. The van der Waals surface area contributed by atoms with Crippen molar-refractivity contribution in [2.75, 3.05) is 26.6 Å². The molecule has 0 saturated heterocycles. The van der Waals surface area contributed by atoms with Crippen molar-refractivity contribution in [3.63, 3.8) is 0 Å². The van der Waals surface area contributed by atoms with Crippen LogP contribution in [0.2, 0.25) is 0 Å². The monoisotopic (exact) mass is 667 g/mol. The number of hydrogen-bond donors (Lipinski definition) is 7. The largest absolute Gasteiger partial charge is 0.516 e. The molecule has 2 aliphatic carbocycles. The molecule has 6 unspecified atom stereocenters. The van der Waals surface area contributed by atoms with Crippen LogP contribution in [0.5, 0.6) is 0 Å². The number of nitrogens with one attached hydrogen (secondary N) is 3. The zero-order valence-corrected chi connectivity index (χ0v) is 27.9. The van der Waals surface area contributed by atoms with Crippen molar-refractivity contribution in [1.29, 1.82) is 0 Å². The third kappa shape index (κ3) is 6.96. The van der Waals surface area contributed by atoms with E-state index in [0.29, 0.717) is 24.1 Å². The highest BCUT2D eigenvalue weighted by Gasteiger charge is 2.80. The minimum atomic E-state index is -2.28. The molecular weight excluding hydrogens is 622 g/mol. The molecule has 0 spiro atoms. The Kier molecular flexibility index (Phi) is 12.2. The lowest BCUT2D eigenvalue weighted by molar-refractivity contribution is -0.190. The van der Waals surface area contributed by atoms with Gasteiger partial charge in [-0.1, -0.05) is 26.3 Å². The molecule has 1 aromatic rings. The van der Waals surface area contributed by atoms with Gasteiger partial charge < -0.3 is 45.9 Å². The van der Waals surface area contributed by atoms with Crippen molar-refractivity contribution in [2.45, 2.75) is 51.1 Å². The molecule has 2 amide bonds. The number of carboxylic acid groups (broad SMARTS) is 2. The Morgan fingerprint density at radius 2 is 1.73 bits per heavy atom. The second kappa shape index (κ2) is 15.7. The zero-order valence-electron chi connectivity index (χ0n) is 27.9. The van der Waals surface area contributed by atoms with Gasteiger partial charge in [0, 0.05) is 29.0 Å². The Morgan fingerprint density at radius 1 is 1.08 bits per heavy atom. The molecule has 260 valence electrons. The number of amides is 2. The van der Waals surface area contributed by atoms with Crippen LogP contribution in [0.4, 0.5) is 5.69 Å². The molecule has 0 aliphatic heterocycles. The third-order valence-corrected chi connectivity index (χ3v) is 9.17. The fraction of sp³-hybridized carbons (Fsp3) is 0.429. The van der Waals surface area contributed by atoms with Crippen molar-refractivity contribution >= 4 is 29.4 Å². The van der Waals surface area contributed by atoms with Crippen molar-refractivity contribution in [1.82, 2.24) is 10.6 Å². The smallest absolute Gasteiger partial charge is 0.330 e. The number of ether oxygens (including phenoxy) is 2. The molecular formula is C35H45N3O10. The quantitative estimate of drug-likeness (QED) is 0.103. The molecule has 48 heavy (non-hydrogen) atoms. The number of carbonyl (C=O) groups is 4. The van der Waals surface area contributed by atoms with Crippen LogP contribution < -0.4 is 16.0 Å². The summed E-state index contributed by atoms with van der Waals surface area (Å²) >= 11 is 0. The number of aliphatic hydroxyl groups is 2. The summed E-state index contributed by atoms with van der Waals surface area (Å²) in [7, 11) is 4.09. The summed E-state index contributed by atoms with van der Waals surface area (Å²) in [6.45, 7) is 5.38. The Balaban J connectivity index is 2.23. The molecule has 13 heteroatoms. The van der Waals surface area contributed by atoms with Crippen molar-refractivity contribution in [3.05, 3.63) is 89.3 Å². The minimum absolute atomic E-state index is 0.0238. The molecule has 13 nitrogen and oxygen atoms in total. The van der Waals surface area contributed by atoms with E-state index in [4.69, 9.17) is 9.47 Å². The fourth-order valence-corrected chi connectivity index (χ4v) is 6.88. The number of methoxy groups -OCH3 is 2. The minimum Gasteiger partial charge on any atom is -0.516 e. The van der Waals surface area contributed by atoms with Crippen LogP contribution in [-0.4, -0.2) is 76.5 Å². The van der Waals surface area contributed by atoms with Crippen LogP contribution in [-0.2, 0) is 23.9 Å². The maximum absolute atomic E-state index is 14.0. The van der Waals surface area contributed by atoms with E-state index < -0.39 is 46.7 Å². The summed E-state index contributed by atoms with van der Waals surface area (Å²) in [6.07, 6.45) is 9.15. The molecule has 3 rings (SSSR count). The van der Waals surface area contributed by atoms with Gasteiger partial charge in [-0.2, -0.15) is 0 Å². The number of likely N-dealkylation sites (N-methyl/N-ethyl adjacent to an activating group) is 1. The van der Waals surface area contributed by atoms with E-state index in [1.807, 2.05) is 13.8 Å². The van der Waals surface area contributed by atoms with Crippen molar-refractivity contribution < 1.29 is 49.1 Å². The lowest BCUT2D eigenvalue weighted by Crippen LogP contribution is -2.89. The van der Waals surface area contributed by atoms with Crippen molar-refractivity contribution in [2.24, 2.45) is 23.7 Å². The predicted octanol–water partition coefficient (Wildman–Crippen LogP) is 4.44. The Morgan fingerprint density at radius 3 is 2.25 bits per heavy atom. The zero-order chi connectivity index (χ0) is 35.8. The summed E-state index contributed by atoms with van der Waals surface area (Å²) in [5.74, 6) is -7.67. The van der Waals surface area contributed by atoms with E-state index in [9.17, 15) is 39.6 Å². The average molecular weight is 668 g/mol. The normalized spacial score (nSPS) is 26.4. The molecule has 1 fully saturated rings. The second-order valence-electron chi connectivity index (χ2n) is 11.9. The molecule has 0 bridgehead atoms. The van der Waals surface area contributed by atoms with Gasteiger partial charge in [0.15, 0.2) is 17.1 Å². The van der Waals surface area contributed by atoms with Crippen LogP contribution in [0.25, 0.3) is 0 Å². The highest BCUT2D eigenvalue weighted by molar-refractivity contribution is 6.02. The van der Waals surface area contributed by atoms with E-state index in [1.165, 1.54) is 75.9 Å². The molecule has 6 atom stereocenters. The van der Waals surface area contributed by atoms with Crippen LogP contribution in [0.15, 0.2) is 83.8 Å². The van der Waals surface area contributed by atoms with E-state index in [2.05, 4.69) is 16.0 Å². The van der Waals surface area contributed by atoms with Gasteiger partial charge in [0.2, 0.25) is 5.91 Å². The fourth-order valence-electron chi connectivity index (χ4n) is 6.88. The molecule has 2 aliphatic rings. The SMILES string of the molecule is CCCC(C)C(=O)Nc1ccc(C(=O)NC2(C(=O)O)C(C(=C/C=C/O)/C=C(\C)OC)C(NC)(C(=O)O)C2C2C=C(OC)C(O)=CC2)cc1. The Hall–Kier alpha value is -5.04. The van der Waals surface area contributed by atoms with Gasteiger partial charge in [0.25, 0.3) is 5.91 Å². The highest BCUT2D eigenvalue weighted by Crippen LogP contribution is 2.60. The van der Waals surface area contributed by atoms with Gasteiger partial charge in [-0.3, -0.25) is 14.4 Å². The Labute approximate surface area is 279 Å². The van der Waals surface area contributed by atoms with E-state index in [-0.39, 0.29) is 40.9 Å². The highest BCUT2D eigenvalue weighted by atomic mass is 16.5. The lowest BCUT2D eigenvalue weighted by atomic mass is 9.41. The van der Waals surface area contributed by atoms with E-state index >= 15 is 0 Å². The standard InChI is InChI=1S/C35H45N3O10/c1-7-9-20(2)30(41)37-25-14-11-22(12-15-25)31(42)38-35(33(45)46)28(23(10-8-17-39)18-21(3)47-5)34(36-4,32(43)44)29(35)24-13-16-26(40)27(19-24)48-6/h8,10-12,14-20,24,28-29,36,39-40H,7,9,13H2,1-6H3,(H,37,41)(H,38,42)(H,43,44)(H,45,46)/b17-8+,21-18+,23-10+. The van der Waals surface area contributed by atoms with Crippen molar-refractivity contribution in [3.8, 4) is 0 Å². The van der Waals surface area contributed by atoms with E-state index in [1.54, 1.807) is 6.92 Å². The summed E-state index contributed by atoms with van der Waals surface area (Å²) < 4.78 is 10.6. The number of anilines is 1. The van der Waals surface area contributed by atoms with Gasteiger partial charge >= 0.3 is 11.9 Å². The predicted molar refractivity (Wildman–Crippen MR) is 178 cm³/mol. The third-order valence-electron chi connectivity index (χ3n) is 9.17. The van der Waals surface area contributed by atoms with Gasteiger partial charge in [0.05, 0.1) is 26.2 Å². The summed E-state index contributed by atoms with van der Waals surface area (Å²) in [4.78, 5) is 53.5. The Bertz CT molecular complexity index is 1540. The van der Waals surface area contributed by atoms with Crippen LogP contribution in [0, 0.1) is 23.7 Å². The van der Waals surface area contributed by atoms with Gasteiger partial charge in [-0.25, -0.2) is 4.79 Å². The van der Waals surface area contributed by atoms with Crippen LogP contribution in [0.3, 0.4) is 0 Å². The van der Waals surface area contributed by atoms with E-state index in [0.717, 1.165) is 6.42 Å². The maximum Gasteiger partial charge on any atom is 0.330 e. The first-order valence-corrected chi connectivity index (χ1v) is 15.6. The molecule has 7 N–H and O–H groups in total. The number of allylic oxidation sites excluding steroid dienone is 6. The van der Waals surface area contributed by atoms with Crippen LogP contribution in [0.1, 0.15) is 50.4 Å². The molecule has 0 heterocycles. The second-order valence-corrected chi connectivity index (χ2v) is 11.9. The number of carboxylic acids is 2. The van der Waals surface area contributed by atoms with Gasteiger partial charge in [-0.15, -0.1) is 0 Å². The average Bonchev–Trinajstić information content (AvgIpc) is 3.05. The first-order chi connectivity index (χ1) is 22.8. The number of aliphatic hydroxyl groups excluding tert-OH is 2. The first kappa shape index (κ1) is 37.4. The molecule has 0 aromatic heterocycles. The molecule has 0 radical (unpaired) electrons. The van der Waals surface area contributed by atoms with Gasteiger partial charge in [-0.05, 0) is 86.9 Å². The number of benzene rings is 1. The van der Waals surface area contributed by atoms with Crippen LogP contribution >= 0.6 is 0 Å². The maximum atomic E-state index is 14.0. The number of hydrogen-bond acceptors (Lipinski definition) is 9. The molecule has 1 saturated carbocycles. The number of carbonyl (C=O) groups excluding carboxylic acids is 2. The first-order valence-electron chi connectivity index (χ1n) is 15.6. The summed E-state index contributed by atoms with van der Waals surface area (Å²) in [6, 6.07) is 5.91. The van der Waals surface area contributed by atoms with Gasteiger partial charge in [0.1, 0.15) is 5.54 Å². The topological polar surface area (TPSA) is 204 Å².